The Hall–Kier alpha value is -3.12. The Balaban J connectivity index is 1.40. The minimum atomic E-state index is -0.235. The highest BCUT2D eigenvalue weighted by molar-refractivity contribution is 6.30. The average molecular weight is 463 g/mol. The number of hydrogen-bond acceptors (Lipinski definition) is 3. The molecule has 2 aliphatic carbocycles. The number of anilines is 1. The van der Waals surface area contributed by atoms with Crippen molar-refractivity contribution >= 4 is 29.4 Å². The molecule has 33 heavy (non-hydrogen) atoms. The van der Waals surface area contributed by atoms with E-state index in [0.29, 0.717) is 11.0 Å². The molecule has 2 fully saturated rings. The maximum atomic E-state index is 13.1. The van der Waals surface area contributed by atoms with Gasteiger partial charge in [-0.3, -0.25) is 19.5 Å². The molecule has 0 saturated heterocycles. The summed E-state index contributed by atoms with van der Waals surface area (Å²) in [6, 6.07) is 17.4. The normalized spacial score (nSPS) is 16.0. The fourth-order valence-corrected chi connectivity index (χ4v) is 4.72. The Morgan fingerprint density at radius 3 is 2.48 bits per heavy atom. The highest BCUT2D eigenvalue weighted by Gasteiger charge is 2.37. The lowest BCUT2D eigenvalue weighted by molar-refractivity contribution is -0.138. The number of nitrogens with one attached hydrogen (secondary N) is 1. The summed E-state index contributed by atoms with van der Waals surface area (Å²) in [5, 5.41) is 3.55. The second kappa shape index (κ2) is 9.40. The Morgan fingerprint density at radius 2 is 1.79 bits per heavy atom. The number of imidazole rings is 1. The van der Waals surface area contributed by atoms with Gasteiger partial charge in [0.1, 0.15) is 6.54 Å². The molecule has 1 aromatic heterocycles. The lowest BCUT2D eigenvalue weighted by Crippen LogP contribution is -2.42. The largest absolute Gasteiger partial charge is 0.330 e. The number of aromatic nitrogens is 2. The van der Waals surface area contributed by atoms with E-state index in [1.54, 1.807) is 11.0 Å². The van der Waals surface area contributed by atoms with Crippen LogP contribution in [-0.2, 0) is 9.59 Å². The van der Waals surface area contributed by atoms with E-state index in [4.69, 9.17) is 16.6 Å². The number of rotatable bonds is 7. The number of nitrogens with zero attached hydrogens (tertiary/aromatic N) is 3. The molecule has 0 unspecified atom stereocenters. The molecule has 0 atom stereocenters. The lowest BCUT2D eigenvalue weighted by Gasteiger charge is -2.25. The Morgan fingerprint density at radius 1 is 1.03 bits per heavy atom. The van der Waals surface area contributed by atoms with Crippen LogP contribution in [-0.4, -0.2) is 38.9 Å². The minimum Gasteiger partial charge on any atom is -0.330 e. The standard InChI is InChI=1S/C26H27ClN4O2/c27-20-11-6-12-22(15-20)31-16-23(18-7-2-1-3-8-18)28-26(31)29-24(32)17-30(21-13-14-21)25(33)19-9-4-5-10-19/h1-3,6-8,11-12,15-16,19,21H,4-5,9-10,13-14,17H2,(H,28,29,32). The molecule has 5 rings (SSSR count). The number of halogens is 1. The van der Waals surface area contributed by atoms with Crippen molar-refractivity contribution in [3.05, 3.63) is 65.8 Å². The van der Waals surface area contributed by atoms with Crippen LogP contribution < -0.4 is 5.32 Å². The predicted molar refractivity (Wildman–Crippen MR) is 129 cm³/mol. The maximum Gasteiger partial charge on any atom is 0.246 e. The summed E-state index contributed by atoms with van der Waals surface area (Å²) < 4.78 is 1.83. The second-order valence-corrected chi connectivity index (χ2v) is 9.33. The first-order chi connectivity index (χ1) is 16.1. The zero-order valence-electron chi connectivity index (χ0n) is 18.4. The monoisotopic (exact) mass is 462 g/mol. The summed E-state index contributed by atoms with van der Waals surface area (Å²) in [5.74, 6) is 0.372. The van der Waals surface area contributed by atoms with Crippen LogP contribution in [0.4, 0.5) is 5.95 Å². The van der Waals surface area contributed by atoms with E-state index in [9.17, 15) is 9.59 Å². The van der Waals surface area contributed by atoms with Crippen LogP contribution in [0, 0.1) is 5.92 Å². The van der Waals surface area contributed by atoms with Crippen molar-refractivity contribution in [3.63, 3.8) is 0 Å². The smallest absolute Gasteiger partial charge is 0.246 e. The van der Waals surface area contributed by atoms with Gasteiger partial charge in [0.2, 0.25) is 17.8 Å². The first-order valence-electron chi connectivity index (χ1n) is 11.6. The molecule has 2 aromatic carbocycles. The second-order valence-electron chi connectivity index (χ2n) is 8.89. The Bertz CT molecular complexity index is 1150. The van der Waals surface area contributed by atoms with Crippen LogP contribution in [0.15, 0.2) is 60.8 Å². The van der Waals surface area contributed by atoms with Crippen LogP contribution in [0.3, 0.4) is 0 Å². The van der Waals surface area contributed by atoms with Crippen molar-refractivity contribution in [2.45, 2.75) is 44.6 Å². The number of carbonyl (C=O) groups excluding carboxylic acids is 2. The summed E-state index contributed by atoms with van der Waals surface area (Å²) in [4.78, 5) is 32.6. The molecule has 0 spiro atoms. The third-order valence-corrected chi connectivity index (χ3v) is 6.64. The quantitative estimate of drug-likeness (QED) is 0.517. The Labute approximate surface area is 198 Å². The van der Waals surface area contributed by atoms with E-state index in [1.165, 1.54) is 0 Å². The molecule has 0 bridgehead atoms. The summed E-state index contributed by atoms with van der Waals surface area (Å²) in [6.07, 6.45) is 7.90. The van der Waals surface area contributed by atoms with Gasteiger partial charge in [0.05, 0.1) is 5.69 Å². The molecular weight excluding hydrogens is 436 g/mol. The molecule has 2 saturated carbocycles. The molecular formula is C26H27ClN4O2. The SMILES string of the molecule is O=C(CN(C(=O)C1CCCC1)C1CC1)Nc1nc(-c2ccccc2)cn1-c1cccc(Cl)c1. The molecule has 2 amide bonds. The van der Waals surface area contributed by atoms with Gasteiger partial charge < -0.3 is 4.90 Å². The Kier molecular flexibility index (Phi) is 6.18. The van der Waals surface area contributed by atoms with Crippen molar-refractivity contribution in [1.82, 2.24) is 14.5 Å². The summed E-state index contributed by atoms with van der Waals surface area (Å²) in [7, 11) is 0. The third kappa shape index (κ3) is 4.96. The van der Waals surface area contributed by atoms with Crippen LogP contribution >= 0.6 is 11.6 Å². The zero-order valence-corrected chi connectivity index (χ0v) is 19.2. The van der Waals surface area contributed by atoms with Gasteiger partial charge >= 0.3 is 0 Å². The molecule has 2 aliphatic rings. The van der Waals surface area contributed by atoms with Gasteiger partial charge in [0.15, 0.2) is 0 Å². The molecule has 6 nitrogen and oxygen atoms in total. The van der Waals surface area contributed by atoms with Crippen molar-refractivity contribution in [2.75, 3.05) is 11.9 Å². The maximum absolute atomic E-state index is 13.1. The first kappa shape index (κ1) is 21.7. The van der Waals surface area contributed by atoms with Crippen LogP contribution in [0.5, 0.6) is 0 Å². The summed E-state index contributed by atoms with van der Waals surface area (Å²) >= 11 is 6.22. The van der Waals surface area contributed by atoms with Gasteiger partial charge in [0, 0.05) is 34.4 Å². The molecule has 7 heteroatoms. The molecule has 0 aliphatic heterocycles. The van der Waals surface area contributed by atoms with Gasteiger partial charge in [-0.15, -0.1) is 0 Å². The molecule has 1 N–H and O–H groups in total. The molecule has 170 valence electrons. The lowest BCUT2D eigenvalue weighted by atomic mass is 10.1. The minimum absolute atomic E-state index is 0.0586. The highest BCUT2D eigenvalue weighted by atomic mass is 35.5. The van der Waals surface area contributed by atoms with Crippen molar-refractivity contribution in [2.24, 2.45) is 5.92 Å². The van der Waals surface area contributed by atoms with Gasteiger partial charge in [-0.05, 0) is 43.9 Å². The first-order valence-corrected chi connectivity index (χ1v) is 12.0. The van der Waals surface area contributed by atoms with E-state index >= 15 is 0 Å². The molecule has 0 radical (unpaired) electrons. The van der Waals surface area contributed by atoms with Gasteiger partial charge in [0.25, 0.3) is 0 Å². The summed E-state index contributed by atoms with van der Waals surface area (Å²) in [5.41, 5.74) is 2.49. The van der Waals surface area contributed by atoms with Crippen LogP contribution in [0.2, 0.25) is 5.02 Å². The number of hydrogen-bond donors (Lipinski definition) is 1. The number of carbonyl (C=O) groups is 2. The molecule has 1 heterocycles. The fourth-order valence-electron chi connectivity index (χ4n) is 4.54. The third-order valence-electron chi connectivity index (χ3n) is 6.40. The highest BCUT2D eigenvalue weighted by Crippen LogP contribution is 2.33. The average Bonchev–Trinajstić information content (AvgIpc) is 3.34. The van der Waals surface area contributed by atoms with Crippen molar-refractivity contribution < 1.29 is 9.59 Å². The van der Waals surface area contributed by atoms with E-state index < -0.39 is 0 Å². The van der Waals surface area contributed by atoms with Crippen molar-refractivity contribution in [3.8, 4) is 16.9 Å². The van der Waals surface area contributed by atoms with E-state index in [2.05, 4.69) is 5.32 Å². The van der Waals surface area contributed by atoms with E-state index in [1.807, 2.05) is 59.3 Å². The van der Waals surface area contributed by atoms with E-state index in [-0.39, 0.29) is 30.3 Å². The number of amides is 2. The van der Waals surface area contributed by atoms with Crippen LogP contribution in [0.1, 0.15) is 38.5 Å². The van der Waals surface area contributed by atoms with Gasteiger partial charge in [-0.1, -0.05) is 60.8 Å². The van der Waals surface area contributed by atoms with Gasteiger partial charge in [-0.2, -0.15) is 0 Å². The van der Waals surface area contributed by atoms with Crippen LogP contribution in [0.25, 0.3) is 16.9 Å². The fraction of sp³-hybridized carbons (Fsp3) is 0.346. The summed E-state index contributed by atoms with van der Waals surface area (Å²) in [6.45, 7) is 0.0586. The number of benzene rings is 2. The topological polar surface area (TPSA) is 67.2 Å². The predicted octanol–water partition coefficient (Wildman–Crippen LogP) is 5.31. The van der Waals surface area contributed by atoms with Crippen molar-refractivity contribution in [1.29, 1.82) is 0 Å². The molecule has 3 aromatic rings. The van der Waals surface area contributed by atoms with E-state index in [0.717, 1.165) is 55.5 Å². The zero-order chi connectivity index (χ0) is 22.8. The van der Waals surface area contributed by atoms with Gasteiger partial charge in [-0.25, -0.2) is 4.98 Å².